The molecule has 1 aliphatic rings. The Morgan fingerprint density at radius 2 is 1.86 bits per heavy atom. The molecule has 21 heavy (non-hydrogen) atoms. The molecule has 0 N–H and O–H groups in total. The molecule has 1 saturated heterocycles. The zero-order chi connectivity index (χ0) is 15.3. The highest BCUT2D eigenvalue weighted by atomic mass is 32.2. The highest BCUT2D eigenvalue weighted by Gasteiger charge is 2.26. The minimum absolute atomic E-state index is 0.145. The molecule has 1 heterocycles. The van der Waals surface area contributed by atoms with Gasteiger partial charge in [0.1, 0.15) is 0 Å². The summed E-state index contributed by atoms with van der Waals surface area (Å²) in [5.74, 6) is -0.318. The van der Waals surface area contributed by atoms with Gasteiger partial charge >= 0.3 is 5.97 Å². The molecule has 0 amide bonds. The van der Waals surface area contributed by atoms with Gasteiger partial charge < -0.3 is 9.47 Å². The quantitative estimate of drug-likeness (QED) is 0.752. The van der Waals surface area contributed by atoms with Crippen LogP contribution in [-0.4, -0.2) is 51.6 Å². The zero-order valence-corrected chi connectivity index (χ0v) is 12.8. The van der Waals surface area contributed by atoms with Crippen LogP contribution >= 0.6 is 0 Å². The summed E-state index contributed by atoms with van der Waals surface area (Å²) in [4.78, 5) is 11.6. The molecule has 116 valence electrons. The van der Waals surface area contributed by atoms with Crippen LogP contribution in [0.25, 0.3) is 0 Å². The molecule has 0 spiro atoms. The van der Waals surface area contributed by atoms with Gasteiger partial charge in [-0.2, -0.15) is 4.31 Å². The Morgan fingerprint density at radius 1 is 1.24 bits per heavy atom. The predicted molar refractivity (Wildman–Crippen MR) is 76.4 cm³/mol. The SMILES string of the molecule is CCOC(=O)Cc1ccc(S(=O)(=O)N2CCOCC2)cc1. The molecule has 1 aromatic rings. The van der Waals surface area contributed by atoms with Crippen LogP contribution in [0.15, 0.2) is 29.2 Å². The fraction of sp³-hybridized carbons (Fsp3) is 0.500. The summed E-state index contributed by atoms with van der Waals surface area (Å²) in [6, 6.07) is 6.34. The van der Waals surface area contributed by atoms with E-state index < -0.39 is 10.0 Å². The van der Waals surface area contributed by atoms with E-state index >= 15 is 0 Å². The molecule has 0 bridgehead atoms. The number of rotatable bonds is 5. The van der Waals surface area contributed by atoms with Crippen molar-refractivity contribution in [3.8, 4) is 0 Å². The maximum Gasteiger partial charge on any atom is 0.310 e. The van der Waals surface area contributed by atoms with Crippen molar-refractivity contribution >= 4 is 16.0 Å². The fourth-order valence-electron chi connectivity index (χ4n) is 2.09. The van der Waals surface area contributed by atoms with Crippen molar-refractivity contribution in [1.82, 2.24) is 4.31 Å². The Labute approximate surface area is 124 Å². The Hall–Kier alpha value is -1.44. The van der Waals surface area contributed by atoms with Crippen LogP contribution in [0.3, 0.4) is 0 Å². The topological polar surface area (TPSA) is 72.9 Å². The van der Waals surface area contributed by atoms with E-state index in [1.165, 1.54) is 16.4 Å². The molecule has 1 fully saturated rings. The number of hydrogen-bond acceptors (Lipinski definition) is 5. The van der Waals surface area contributed by atoms with Gasteiger partial charge in [-0.15, -0.1) is 0 Å². The monoisotopic (exact) mass is 313 g/mol. The lowest BCUT2D eigenvalue weighted by atomic mass is 10.1. The molecule has 1 aliphatic heterocycles. The van der Waals surface area contributed by atoms with Crippen molar-refractivity contribution in [2.75, 3.05) is 32.9 Å². The minimum atomic E-state index is -3.48. The molecular weight excluding hydrogens is 294 g/mol. The molecule has 0 aliphatic carbocycles. The van der Waals surface area contributed by atoms with Crippen molar-refractivity contribution in [3.63, 3.8) is 0 Å². The molecule has 0 saturated carbocycles. The third-order valence-electron chi connectivity index (χ3n) is 3.18. The number of carbonyl (C=O) groups is 1. The molecule has 2 rings (SSSR count). The molecule has 7 heteroatoms. The first-order valence-electron chi connectivity index (χ1n) is 6.86. The Morgan fingerprint density at radius 3 is 2.43 bits per heavy atom. The summed E-state index contributed by atoms with van der Waals surface area (Å²) >= 11 is 0. The van der Waals surface area contributed by atoms with Gasteiger partial charge in [0.05, 0.1) is 31.1 Å². The normalized spacial score (nSPS) is 16.6. The van der Waals surface area contributed by atoms with E-state index in [9.17, 15) is 13.2 Å². The summed E-state index contributed by atoms with van der Waals surface area (Å²) in [5.41, 5.74) is 0.731. The van der Waals surface area contributed by atoms with Crippen molar-refractivity contribution in [2.45, 2.75) is 18.2 Å². The highest BCUT2D eigenvalue weighted by molar-refractivity contribution is 7.89. The van der Waals surface area contributed by atoms with E-state index in [4.69, 9.17) is 9.47 Å². The van der Waals surface area contributed by atoms with Gasteiger partial charge in [-0.1, -0.05) is 12.1 Å². The summed E-state index contributed by atoms with van der Waals surface area (Å²) in [7, 11) is -3.48. The fourth-order valence-corrected chi connectivity index (χ4v) is 3.50. The van der Waals surface area contributed by atoms with E-state index in [-0.39, 0.29) is 17.3 Å². The Bertz CT molecular complexity index is 576. The number of benzene rings is 1. The second kappa shape index (κ2) is 7.02. The van der Waals surface area contributed by atoms with Gasteiger partial charge in [0.25, 0.3) is 0 Å². The molecule has 1 aromatic carbocycles. The third-order valence-corrected chi connectivity index (χ3v) is 5.10. The van der Waals surface area contributed by atoms with Crippen molar-refractivity contribution in [2.24, 2.45) is 0 Å². The summed E-state index contributed by atoms with van der Waals surface area (Å²) < 4.78 is 36.2. The van der Waals surface area contributed by atoms with Crippen LogP contribution in [-0.2, 0) is 30.7 Å². The second-order valence-electron chi connectivity index (χ2n) is 4.64. The lowest BCUT2D eigenvalue weighted by Gasteiger charge is -2.26. The largest absolute Gasteiger partial charge is 0.466 e. The van der Waals surface area contributed by atoms with E-state index in [1.807, 2.05) is 0 Å². The first kappa shape index (κ1) is 15.9. The maximum absolute atomic E-state index is 12.4. The van der Waals surface area contributed by atoms with Gasteiger partial charge in [0.15, 0.2) is 0 Å². The van der Waals surface area contributed by atoms with Crippen molar-refractivity contribution in [1.29, 1.82) is 0 Å². The van der Waals surface area contributed by atoms with E-state index in [0.717, 1.165) is 5.56 Å². The Balaban J connectivity index is 2.09. The van der Waals surface area contributed by atoms with Gasteiger partial charge in [-0.25, -0.2) is 8.42 Å². The van der Waals surface area contributed by atoms with Crippen LogP contribution in [0.1, 0.15) is 12.5 Å². The minimum Gasteiger partial charge on any atom is -0.466 e. The van der Waals surface area contributed by atoms with Gasteiger partial charge in [-0.05, 0) is 24.6 Å². The van der Waals surface area contributed by atoms with Crippen LogP contribution in [0, 0.1) is 0 Å². The standard InChI is InChI=1S/C14H19NO5S/c1-2-20-14(16)11-12-3-5-13(6-4-12)21(17,18)15-7-9-19-10-8-15/h3-6H,2,7-11H2,1H3. The lowest BCUT2D eigenvalue weighted by Crippen LogP contribution is -2.40. The molecule has 6 nitrogen and oxygen atoms in total. The number of morpholine rings is 1. The summed E-state index contributed by atoms with van der Waals surface area (Å²) in [5, 5.41) is 0. The van der Waals surface area contributed by atoms with Crippen LogP contribution in [0.4, 0.5) is 0 Å². The molecular formula is C14H19NO5S. The molecule has 0 atom stereocenters. The number of hydrogen-bond donors (Lipinski definition) is 0. The number of esters is 1. The molecule has 0 aromatic heterocycles. The first-order chi connectivity index (χ1) is 10.0. The van der Waals surface area contributed by atoms with Crippen molar-refractivity contribution < 1.29 is 22.7 Å². The van der Waals surface area contributed by atoms with E-state index in [2.05, 4.69) is 0 Å². The summed E-state index contributed by atoms with van der Waals surface area (Å²) in [6.45, 7) is 3.65. The summed E-state index contributed by atoms with van der Waals surface area (Å²) in [6.07, 6.45) is 0.145. The smallest absolute Gasteiger partial charge is 0.310 e. The van der Waals surface area contributed by atoms with Crippen LogP contribution in [0.5, 0.6) is 0 Å². The average Bonchev–Trinajstić information content (AvgIpc) is 2.49. The van der Waals surface area contributed by atoms with E-state index in [1.54, 1.807) is 19.1 Å². The predicted octanol–water partition coefficient (Wildman–Crippen LogP) is 0.813. The van der Waals surface area contributed by atoms with Crippen molar-refractivity contribution in [3.05, 3.63) is 29.8 Å². The van der Waals surface area contributed by atoms with Crippen LogP contribution in [0.2, 0.25) is 0 Å². The highest BCUT2D eigenvalue weighted by Crippen LogP contribution is 2.18. The molecule has 0 unspecified atom stereocenters. The number of ether oxygens (including phenoxy) is 2. The number of carbonyl (C=O) groups excluding carboxylic acids is 1. The number of nitrogens with zero attached hydrogens (tertiary/aromatic N) is 1. The average molecular weight is 313 g/mol. The van der Waals surface area contributed by atoms with Gasteiger partial charge in [-0.3, -0.25) is 4.79 Å². The lowest BCUT2D eigenvalue weighted by molar-refractivity contribution is -0.142. The maximum atomic E-state index is 12.4. The Kier molecular flexibility index (Phi) is 5.33. The number of sulfonamides is 1. The van der Waals surface area contributed by atoms with Gasteiger partial charge in [0.2, 0.25) is 10.0 Å². The third kappa shape index (κ3) is 4.03. The molecule has 0 radical (unpaired) electrons. The zero-order valence-electron chi connectivity index (χ0n) is 11.9. The van der Waals surface area contributed by atoms with Crippen LogP contribution < -0.4 is 0 Å². The van der Waals surface area contributed by atoms with E-state index in [0.29, 0.717) is 32.9 Å². The van der Waals surface area contributed by atoms with Gasteiger partial charge in [0, 0.05) is 13.1 Å². The second-order valence-corrected chi connectivity index (χ2v) is 6.58. The first-order valence-corrected chi connectivity index (χ1v) is 8.30.